The average Bonchev–Trinajstić information content (AvgIpc) is 2.61. The van der Waals surface area contributed by atoms with Crippen LogP contribution >= 0.6 is 0 Å². The third-order valence-electron chi connectivity index (χ3n) is 4.61. The Balaban J connectivity index is 1.87. The lowest BCUT2D eigenvalue weighted by molar-refractivity contribution is 0.0139. The van der Waals surface area contributed by atoms with E-state index in [1.165, 1.54) is 0 Å². The largest absolute Gasteiger partial charge is 0.444 e. The minimum Gasteiger partial charge on any atom is -0.444 e. The number of hydrogen-bond acceptors (Lipinski definition) is 4. The molecular weight excluding hydrogens is 342 g/mol. The van der Waals surface area contributed by atoms with Gasteiger partial charge in [0.15, 0.2) is 0 Å². The minimum atomic E-state index is -0.468. The molecule has 1 atom stereocenters. The third-order valence-corrected chi connectivity index (χ3v) is 4.61. The van der Waals surface area contributed by atoms with Crippen LogP contribution in [0.25, 0.3) is 0 Å². The molecule has 0 aliphatic carbocycles. The summed E-state index contributed by atoms with van der Waals surface area (Å²) >= 11 is 0. The summed E-state index contributed by atoms with van der Waals surface area (Å²) in [7, 11) is 0. The second kappa shape index (κ2) is 9.22. The molecule has 0 radical (unpaired) electrons. The summed E-state index contributed by atoms with van der Waals surface area (Å²) in [6.07, 6.45) is 0.666. The van der Waals surface area contributed by atoms with Crippen LogP contribution in [0.4, 0.5) is 4.79 Å². The van der Waals surface area contributed by atoms with E-state index in [-0.39, 0.29) is 18.0 Å². The maximum Gasteiger partial charge on any atom is 0.410 e. The normalized spacial score (nSPS) is 16.7. The molecule has 0 bridgehead atoms. The Morgan fingerprint density at radius 1 is 1.19 bits per heavy atom. The Bertz CT molecular complexity index is 646. The van der Waals surface area contributed by atoms with Crippen LogP contribution in [0.5, 0.6) is 0 Å². The van der Waals surface area contributed by atoms with Crippen LogP contribution in [0.15, 0.2) is 24.3 Å². The van der Waals surface area contributed by atoms with Gasteiger partial charge < -0.3 is 15.0 Å². The number of carbonyl (C=O) groups is 2. The lowest BCUT2D eigenvalue weighted by atomic mass is 10.1. The molecule has 150 valence electrons. The predicted molar refractivity (Wildman–Crippen MR) is 107 cm³/mol. The van der Waals surface area contributed by atoms with Crippen LogP contribution in [0.1, 0.15) is 57.0 Å². The summed E-state index contributed by atoms with van der Waals surface area (Å²) < 4.78 is 5.44. The van der Waals surface area contributed by atoms with E-state index in [0.717, 1.165) is 31.6 Å². The van der Waals surface area contributed by atoms with Crippen LogP contribution in [0, 0.1) is 0 Å². The van der Waals surface area contributed by atoms with Crippen molar-refractivity contribution in [3.05, 3.63) is 35.4 Å². The summed E-state index contributed by atoms with van der Waals surface area (Å²) in [6.45, 7) is 13.4. The molecule has 1 N–H and O–H groups in total. The van der Waals surface area contributed by atoms with E-state index < -0.39 is 5.60 Å². The molecule has 6 heteroatoms. The first-order valence-corrected chi connectivity index (χ1v) is 9.78. The molecule has 1 aliphatic rings. The Kier molecular flexibility index (Phi) is 7.25. The molecule has 0 saturated carbocycles. The molecule has 1 unspecified atom stereocenters. The summed E-state index contributed by atoms with van der Waals surface area (Å²) in [5.41, 5.74) is 1.34. The van der Waals surface area contributed by atoms with Crippen LogP contribution in [0.2, 0.25) is 0 Å². The van der Waals surface area contributed by atoms with Gasteiger partial charge in [0.1, 0.15) is 5.60 Å². The van der Waals surface area contributed by atoms with Crippen molar-refractivity contribution in [2.45, 2.75) is 59.2 Å². The van der Waals surface area contributed by atoms with Gasteiger partial charge in [-0.25, -0.2) is 4.79 Å². The molecule has 6 nitrogen and oxygen atoms in total. The van der Waals surface area contributed by atoms with Crippen LogP contribution < -0.4 is 5.32 Å². The Hall–Kier alpha value is -2.08. The number of nitrogens with one attached hydrogen (secondary N) is 1. The van der Waals surface area contributed by atoms with Gasteiger partial charge in [0, 0.05) is 44.3 Å². The Morgan fingerprint density at radius 2 is 1.85 bits per heavy atom. The number of nitrogens with zero attached hydrogens (tertiary/aromatic N) is 2. The van der Waals surface area contributed by atoms with Gasteiger partial charge in [-0.2, -0.15) is 0 Å². The van der Waals surface area contributed by atoms with E-state index >= 15 is 0 Å². The number of hydrogen-bond donors (Lipinski definition) is 1. The fourth-order valence-corrected chi connectivity index (χ4v) is 2.89. The monoisotopic (exact) mass is 375 g/mol. The SMILES string of the molecule is CCC(C)NC(=O)c1cccc(CN2CCN(C(=O)OC(C)(C)C)CC2)c1. The topological polar surface area (TPSA) is 61.9 Å². The molecule has 1 aliphatic heterocycles. The second-order valence-corrected chi connectivity index (χ2v) is 8.23. The number of benzene rings is 1. The highest BCUT2D eigenvalue weighted by Crippen LogP contribution is 2.14. The molecule has 2 rings (SSSR count). The average molecular weight is 376 g/mol. The molecule has 27 heavy (non-hydrogen) atoms. The van der Waals surface area contributed by atoms with E-state index in [1.807, 2.05) is 52.0 Å². The molecular formula is C21H33N3O3. The maximum atomic E-state index is 12.3. The zero-order chi connectivity index (χ0) is 20.0. The van der Waals surface area contributed by atoms with Crippen molar-refractivity contribution in [1.29, 1.82) is 0 Å². The molecule has 1 heterocycles. The molecule has 2 amide bonds. The van der Waals surface area contributed by atoms with Crippen molar-refractivity contribution >= 4 is 12.0 Å². The highest BCUT2D eigenvalue weighted by Gasteiger charge is 2.25. The van der Waals surface area contributed by atoms with Gasteiger partial charge in [0.05, 0.1) is 0 Å². The van der Waals surface area contributed by atoms with Gasteiger partial charge >= 0.3 is 6.09 Å². The first-order chi connectivity index (χ1) is 12.7. The van der Waals surface area contributed by atoms with Gasteiger partial charge in [0.25, 0.3) is 5.91 Å². The number of piperazine rings is 1. The number of ether oxygens (including phenoxy) is 1. The lowest BCUT2D eigenvalue weighted by Gasteiger charge is -2.35. The number of carbonyl (C=O) groups excluding carboxylic acids is 2. The first kappa shape index (κ1) is 21.2. The zero-order valence-corrected chi connectivity index (χ0v) is 17.2. The summed E-state index contributed by atoms with van der Waals surface area (Å²) in [6, 6.07) is 7.94. The highest BCUT2D eigenvalue weighted by atomic mass is 16.6. The molecule has 1 aromatic rings. The first-order valence-electron chi connectivity index (χ1n) is 9.78. The van der Waals surface area contributed by atoms with Crippen molar-refractivity contribution in [1.82, 2.24) is 15.1 Å². The van der Waals surface area contributed by atoms with E-state index in [1.54, 1.807) is 4.90 Å². The van der Waals surface area contributed by atoms with Crippen molar-refractivity contribution in [2.24, 2.45) is 0 Å². The van der Waals surface area contributed by atoms with Crippen LogP contribution in [-0.2, 0) is 11.3 Å². The Morgan fingerprint density at radius 3 is 2.44 bits per heavy atom. The standard InChI is InChI=1S/C21H33N3O3/c1-6-16(2)22-19(25)18-9-7-8-17(14-18)15-23-10-12-24(13-11-23)20(26)27-21(3,4)5/h7-9,14,16H,6,10-13,15H2,1-5H3,(H,22,25). The summed E-state index contributed by atoms with van der Waals surface area (Å²) in [5.74, 6) is -0.0269. The number of amides is 2. The molecule has 0 spiro atoms. The van der Waals surface area contributed by atoms with E-state index in [0.29, 0.717) is 18.7 Å². The summed E-state index contributed by atoms with van der Waals surface area (Å²) in [5, 5.41) is 3.00. The van der Waals surface area contributed by atoms with Gasteiger partial charge in [-0.1, -0.05) is 19.1 Å². The van der Waals surface area contributed by atoms with E-state index in [4.69, 9.17) is 4.74 Å². The molecule has 0 aromatic heterocycles. The van der Waals surface area contributed by atoms with Gasteiger partial charge in [-0.05, 0) is 51.8 Å². The fourth-order valence-electron chi connectivity index (χ4n) is 2.89. The van der Waals surface area contributed by atoms with Crippen molar-refractivity contribution in [3.8, 4) is 0 Å². The fraction of sp³-hybridized carbons (Fsp3) is 0.619. The summed E-state index contributed by atoms with van der Waals surface area (Å²) in [4.78, 5) is 28.5. The second-order valence-electron chi connectivity index (χ2n) is 8.23. The van der Waals surface area contributed by atoms with Crippen LogP contribution in [0.3, 0.4) is 0 Å². The quantitative estimate of drug-likeness (QED) is 0.858. The van der Waals surface area contributed by atoms with E-state index in [2.05, 4.69) is 17.1 Å². The van der Waals surface area contributed by atoms with Crippen molar-refractivity contribution in [3.63, 3.8) is 0 Å². The third kappa shape index (κ3) is 6.86. The number of rotatable bonds is 5. The molecule has 1 aromatic carbocycles. The Labute approximate surface area is 162 Å². The van der Waals surface area contributed by atoms with Crippen molar-refractivity contribution in [2.75, 3.05) is 26.2 Å². The predicted octanol–water partition coefficient (Wildman–Crippen LogP) is 3.27. The van der Waals surface area contributed by atoms with Gasteiger partial charge in [-0.3, -0.25) is 9.69 Å². The van der Waals surface area contributed by atoms with E-state index in [9.17, 15) is 9.59 Å². The molecule has 1 saturated heterocycles. The zero-order valence-electron chi connectivity index (χ0n) is 17.2. The minimum absolute atomic E-state index is 0.0269. The lowest BCUT2D eigenvalue weighted by Crippen LogP contribution is -2.49. The molecule has 1 fully saturated rings. The maximum absolute atomic E-state index is 12.3. The van der Waals surface area contributed by atoms with Crippen molar-refractivity contribution < 1.29 is 14.3 Å². The van der Waals surface area contributed by atoms with Gasteiger partial charge in [-0.15, -0.1) is 0 Å². The smallest absolute Gasteiger partial charge is 0.410 e. The van der Waals surface area contributed by atoms with Gasteiger partial charge in [0.2, 0.25) is 0 Å². The highest BCUT2D eigenvalue weighted by molar-refractivity contribution is 5.94. The van der Waals surface area contributed by atoms with Crippen LogP contribution in [-0.4, -0.2) is 59.6 Å².